The molecular weight excluding hydrogens is 250 g/mol. The maximum Gasteiger partial charge on any atom is 0.220 e. The molecule has 4 nitrogen and oxygen atoms in total. The van der Waals surface area contributed by atoms with E-state index in [4.69, 9.17) is 11.2 Å². The van der Waals surface area contributed by atoms with E-state index in [1.165, 1.54) is 0 Å². The van der Waals surface area contributed by atoms with Crippen molar-refractivity contribution in [2.24, 2.45) is 0 Å². The van der Waals surface area contributed by atoms with Crippen molar-refractivity contribution in [3.8, 4) is 18.2 Å². The number of hydrogen-bond donors (Lipinski definition) is 1. The van der Waals surface area contributed by atoms with Crippen LogP contribution in [0.4, 0.5) is 5.82 Å². The largest absolute Gasteiger partial charge is 0.458 e. The predicted octanol–water partition coefficient (Wildman–Crippen LogP) is 3.39. The fourth-order valence-electron chi connectivity index (χ4n) is 1.45. The lowest BCUT2D eigenvalue weighted by molar-refractivity contribution is 0.163. The Kier molecular flexibility index (Phi) is 4.99. The van der Waals surface area contributed by atoms with Gasteiger partial charge in [0.1, 0.15) is 11.6 Å². The first-order chi connectivity index (χ1) is 9.18. The molecule has 0 fully saturated rings. The van der Waals surface area contributed by atoms with Gasteiger partial charge in [-0.3, -0.25) is 0 Å². The molecule has 0 atom stereocenters. The second-order valence-corrected chi connectivity index (χ2v) is 6.35. The molecule has 1 aromatic rings. The summed E-state index contributed by atoms with van der Waals surface area (Å²) < 4.78 is 5.78. The van der Waals surface area contributed by atoms with Gasteiger partial charge in [0.25, 0.3) is 0 Å². The molecule has 20 heavy (non-hydrogen) atoms. The number of ether oxygens (including phenoxy) is 1. The van der Waals surface area contributed by atoms with Crippen LogP contribution in [0.1, 0.15) is 53.8 Å². The average Bonchev–Trinajstić information content (AvgIpc) is 2.34. The summed E-state index contributed by atoms with van der Waals surface area (Å²) in [6, 6.07) is 1.80. The van der Waals surface area contributed by atoms with E-state index >= 15 is 0 Å². The molecule has 110 valence electrons. The van der Waals surface area contributed by atoms with E-state index in [0.717, 1.165) is 24.6 Å². The van der Waals surface area contributed by atoms with E-state index in [2.05, 4.69) is 48.9 Å². The number of anilines is 1. The Balaban J connectivity index is 3.14. The minimum absolute atomic E-state index is 0.150. The monoisotopic (exact) mass is 275 g/mol. The predicted molar refractivity (Wildman–Crippen MR) is 83.1 cm³/mol. The standard InChI is InChI=1S/C16H25N3O/c1-8-10-17-12-11-13(20-16(6,7)9-2)19-14(18-12)15(3,4)5/h2,11H,8,10H2,1,3-7H3,(H,17,18,19). The zero-order chi connectivity index (χ0) is 15.4. The average molecular weight is 275 g/mol. The zero-order valence-electron chi connectivity index (χ0n) is 13.4. The molecule has 4 heteroatoms. The molecule has 1 aromatic heterocycles. The minimum atomic E-state index is -0.689. The third-order valence-electron chi connectivity index (χ3n) is 2.64. The van der Waals surface area contributed by atoms with Crippen LogP contribution in [0.25, 0.3) is 0 Å². The molecule has 0 aromatic carbocycles. The van der Waals surface area contributed by atoms with Gasteiger partial charge in [0.2, 0.25) is 5.88 Å². The quantitative estimate of drug-likeness (QED) is 0.837. The topological polar surface area (TPSA) is 47.0 Å². The number of rotatable bonds is 5. The highest BCUT2D eigenvalue weighted by atomic mass is 16.5. The summed E-state index contributed by atoms with van der Waals surface area (Å²) in [6.45, 7) is 12.9. The van der Waals surface area contributed by atoms with Gasteiger partial charge in [0.15, 0.2) is 5.60 Å². The van der Waals surface area contributed by atoms with Crippen LogP contribution < -0.4 is 10.1 Å². The van der Waals surface area contributed by atoms with Crippen LogP contribution in [-0.2, 0) is 5.41 Å². The van der Waals surface area contributed by atoms with Crippen molar-refractivity contribution in [2.75, 3.05) is 11.9 Å². The van der Waals surface area contributed by atoms with Crippen LogP contribution in [0.2, 0.25) is 0 Å². The van der Waals surface area contributed by atoms with Gasteiger partial charge >= 0.3 is 0 Å². The molecule has 0 unspecified atom stereocenters. The fourth-order valence-corrected chi connectivity index (χ4v) is 1.45. The molecule has 0 radical (unpaired) electrons. The van der Waals surface area contributed by atoms with Crippen molar-refractivity contribution in [3.05, 3.63) is 11.9 Å². The van der Waals surface area contributed by atoms with Gasteiger partial charge < -0.3 is 10.1 Å². The summed E-state index contributed by atoms with van der Waals surface area (Å²) in [7, 11) is 0. The SMILES string of the molecule is C#CC(C)(C)Oc1cc(NCCC)nc(C(C)(C)C)n1. The number of terminal acetylenes is 1. The molecule has 0 aliphatic rings. The lowest BCUT2D eigenvalue weighted by Gasteiger charge is -2.23. The number of nitrogens with one attached hydrogen (secondary N) is 1. The van der Waals surface area contributed by atoms with Gasteiger partial charge in [0.05, 0.1) is 0 Å². The molecule has 1 N–H and O–H groups in total. The molecule has 0 spiro atoms. The number of hydrogen-bond acceptors (Lipinski definition) is 4. The van der Waals surface area contributed by atoms with Crippen LogP contribution in [0.15, 0.2) is 6.07 Å². The normalized spacial score (nSPS) is 11.8. The Morgan fingerprint density at radius 1 is 1.25 bits per heavy atom. The van der Waals surface area contributed by atoms with Crippen LogP contribution in [0.3, 0.4) is 0 Å². The van der Waals surface area contributed by atoms with Gasteiger partial charge in [-0.05, 0) is 20.3 Å². The van der Waals surface area contributed by atoms with E-state index in [9.17, 15) is 0 Å². The molecule has 0 aliphatic heterocycles. The smallest absolute Gasteiger partial charge is 0.220 e. The van der Waals surface area contributed by atoms with E-state index in [0.29, 0.717) is 5.88 Å². The Morgan fingerprint density at radius 3 is 2.40 bits per heavy atom. The lowest BCUT2D eigenvalue weighted by Crippen LogP contribution is -2.27. The van der Waals surface area contributed by atoms with Crippen LogP contribution in [-0.4, -0.2) is 22.1 Å². The summed E-state index contributed by atoms with van der Waals surface area (Å²) in [5.74, 6) is 4.62. The first kappa shape index (κ1) is 16.3. The van der Waals surface area contributed by atoms with Gasteiger partial charge in [-0.25, -0.2) is 4.98 Å². The van der Waals surface area contributed by atoms with Crippen LogP contribution in [0.5, 0.6) is 5.88 Å². The Hall–Kier alpha value is -1.76. The Labute approximate surface area is 122 Å². The molecule has 1 rings (SSSR count). The second-order valence-electron chi connectivity index (χ2n) is 6.35. The Morgan fingerprint density at radius 2 is 1.90 bits per heavy atom. The highest BCUT2D eigenvalue weighted by molar-refractivity contribution is 5.39. The van der Waals surface area contributed by atoms with E-state index in [-0.39, 0.29) is 5.41 Å². The maximum absolute atomic E-state index is 5.78. The summed E-state index contributed by atoms with van der Waals surface area (Å²) in [5.41, 5.74) is -0.839. The first-order valence-corrected chi connectivity index (χ1v) is 6.98. The van der Waals surface area contributed by atoms with Crippen molar-refractivity contribution < 1.29 is 4.74 Å². The Bertz CT molecular complexity index is 495. The summed E-state index contributed by atoms with van der Waals surface area (Å²) in [4.78, 5) is 9.02. The molecule has 1 heterocycles. The fraction of sp³-hybridized carbons (Fsp3) is 0.625. The van der Waals surface area contributed by atoms with E-state index in [1.807, 2.05) is 13.8 Å². The van der Waals surface area contributed by atoms with Crippen molar-refractivity contribution in [1.29, 1.82) is 0 Å². The van der Waals surface area contributed by atoms with Gasteiger partial charge in [-0.2, -0.15) is 4.98 Å². The van der Waals surface area contributed by atoms with Crippen molar-refractivity contribution in [3.63, 3.8) is 0 Å². The molecule has 0 saturated carbocycles. The number of nitrogens with zero attached hydrogens (tertiary/aromatic N) is 2. The molecule has 0 amide bonds. The van der Waals surface area contributed by atoms with Gasteiger partial charge in [0, 0.05) is 18.0 Å². The summed E-state index contributed by atoms with van der Waals surface area (Å²) >= 11 is 0. The third-order valence-corrected chi connectivity index (χ3v) is 2.64. The summed E-state index contributed by atoms with van der Waals surface area (Å²) in [6.07, 6.45) is 6.49. The van der Waals surface area contributed by atoms with E-state index in [1.54, 1.807) is 6.07 Å². The van der Waals surface area contributed by atoms with Crippen molar-refractivity contribution in [1.82, 2.24) is 9.97 Å². The zero-order valence-corrected chi connectivity index (χ0v) is 13.4. The van der Waals surface area contributed by atoms with Crippen LogP contribution in [0, 0.1) is 12.3 Å². The molecular formula is C16H25N3O. The van der Waals surface area contributed by atoms with Gasteiger partial charge in [-0.1, -0.05) is 33.6 Å². The first-order valence-electron chi connectivity index (χ1n) is 6.98. The minimum Gasteiger partial charge on any atom is -0.458 e. The summed E-state index contributed by atoms with van der Waals surface area (Å²) in [5, 5.41) is 3.27. The molecule has 0 saturated heterocycles. The molecule has 0 aliphatic carbocycles. The third kappa shape index (κ3) is 4.73. The highest BCUT2D eigenvalue weighted by Crippen LogP contribution is 2.25. The van der Waals surface area contributed by atoms with E-state index < -0.39 is 5.60 Å². The lowest BCUT2D eigenvalue weighted by atomic mass is 9.96. The number of aromatic nitrogens is 2. The van der Waals surface area contributed by atoms with Crippen molar-refractivity contribution >= 4 is 5.82 Å². The van der Waals surface area contributed by atoms with Gasteiger partial charge in [-0.15, -0.1) is 6.42 Å². The maximum atomic E-state index is 5.78. The van der Waals surface area contributed by atoms with Crippen molar-refractivity contribution in [2.45, 2.75) is 59.0 Å². The molecule has 0 bridgehead atoms. The highest BCUT2D eigenvalue weighted by Gasteiger charge is 2.22. The second kappa shape index (κ2) is 6.13. The van der Waals surface area contributed by atoms with Crippen LogP contribution >= 0.6 is 0 Å².